The Bertz CT molecular complexity index is 806. The van der Waals surface area contributed by atoms with Crippen molar-refractivity contribution in [3.63, 3.8) is 0 Å². The number of hydrogen-bond acceptors (Lipinski definition) is 3. The minimum absolute atomic E-state index is 0.146. The summed E-state index contributed by atoms with van der Waals surface area (Å²) in [7, 11) is -4.46. The third-order valence-electron chi connectivity index (χ3n) is 3.00. The predicted molar refractivity (Wildman–Crippen MR) is 84.3 cm³/mol. The smallest absolute Gasteiger partial charge is 0.381 e. The molecule has 0 bridgehead atoms. The summed E-state index contributed by atoms with van der Waals surface area (Å²) in [6.07, 6.45) is -4.82. The Hall–Kier alpha value is -1.58. The van der Waals surface area contributed by atoms with Gasteiger partial charge >= 0.3 is 6.18 Å². The number of alkyl halides is 3. The van der Waals surface area contributed by atoms with Crippen molar-refractivity contribution in [3.8, 4) is 0 Å². The number of primary sulfonamides is 1. The molecular formula is C14H12BrF3N2O2S. The van der Waals surface area contributed by atoms with Crippen LogP contribution >= 0.6 is 15.9 Å². The van der Waals surface area contributed by atoms with Crippen molar-refractivity contribution >= 4 is 31.6 Å². The van der Waals surface area contributed by atoms with Gasteiger partial charge in [-0.3, -0.25) is 0 Å². The quantitative estimate of drug-likeness (QED) is 0.809. The summed E-state index contributed by atoms with van der Waals surface area (Å²) in [5.41, 5.74) is -0.286. The Labute approximate surface area is 139 Å². The van der Waals surface area contributed by atoms with Gasteiger partial charge in [-0.25, -0.2) is 13.6 Å². The average molecular weight is 409 g/mol. The molecule has 23 heavy (non-hydrogen) atoms. The lowest BCUT2D eigenvalue weighted by atomic mass is 10.1. The molecule has 9 heteroatoms. The fraction of sp³-hybridized carbons (Fsp3) is 0.143. The van der Waals surface area contributed by atoms with Crippen LogP contribution in [0.25, 0.3) is 0 Å². The first-order chi connectivity index (χ1) is 10.6. The van der Waals surface area contributed by atoms with Crippen LogP contribution in [0.3, 0.4) is 0 Å². The zero-order valence-corrected chi connectivity index (χ0v) is 14.0. The van der Waals surface area contributed by atoms with Crippen molar-refractivity contribution in [3.05, 3.63) is 58.1 Å². The summed E-state index contributed by atoms with van der Waals surface area (Å²) >= 11 is 3.29. The number of halogens is 4. The molecular weight excluding hydrogens is 397 g/mol. The van der Waals surface area contributed by atoms with E-state index in [1.54, 1.807) is 12.1 Å². The molecule has 0 amide bonds. The number of rotatable bonds is 4. The molecule has 0 atom stereocenters. The molecule has 2 aromatic rings. The number of benzene rings is 2. The van der Waals surface area contributed by atoms with Crippen LogP contribution in [-0.4, -0.2) is 8.42 Å². The Morgan fingerprint density at radius 1 is 1.09 bits per heavy atom. The lowest BCUT2D eigenvalue weighted by molar-refractivity contribution is -0.139. The van der Waals surface area contributed by atoms with Gasteiger partial charge in [-0.1, -0.05) is 28.1 Å². The van der Waals surface area contributed by atoms with Crippen molar-refractivity contribution < 1.29 is 21.6 Å². The van der Waals surface area contributed by atoms with E-state index in [-0.39, 0.29) is 5.69 Å². The van der Waals surface area contributed by atoms with Crippen LogP contribution in [0.4, 0.5) is 18.9 Å². The standard InChI is InChI=1S/C14H12BrF3N2O2S/c15-10-3-1-9(2-4-10)8-20-11-5-6-13(23(19,21)22)12(7-11)14(16,17)18/h1-7,20H,8H2,(H2,19,21,22). The van der Waals surface area contributed by atoms with Crippen LogP contribution in [0, 0.1) is 0 Å². The zero-order chi connectivity index (χ0) is 17.3. The monoisotopic (exact) mass is 408 g/mol. The van der Waals surface area contributed by atoms with Crippen LogP contribution < -0.4 is 10.5 Å². The van der Waals surface area contributed by atoms with Crippen molar-refractivity contribution in [2.75, 3.05) is 5.32 Å². The highest BCUT2D eigenvalue weighted by molar-refractivity contribution is 9.10. The molecule has 0 saturated carbocycles. The maximum absolute atomic E-state index is 13.0. The summed E-state index contributed by atoms with van der Waals surface area (Å²) in [6, 6.07) is 10.1. The van der Waals surface area contributed by atoms with E-state index >= 15 is 0 Å². The number of anilines is 1. The summed E-state index contributed by atoms with van der Waals surface area (Å²) in [5, 5.41) is 7.65. The second-order valence-electron chi connectivity index (χ2n) is 4.73. The molecule has 2 aromatic carbocycles. The molecule has 0 fully saturated rings. The van der Waals surface area contributed by atoms with Gasteiger partial charge in [0.25, 0.3) is 0 Å². The van der Waals surface area contributed by atoms with Gasteiger partial charge < -0.3 is 5.32 Å². The summed E-state index contributed by atoms with van der Waals surface area (Å²) < 4.78 is 62.5. The molecule has 0 saturated heterocycles. The molecule has 0 heterocycles. The molecule has 124 valence electrons. The Morgan fingerprint density at radius 3 is 2.22 bits per heavy atom. The van der Waals surface area contributed by atoms with Gasteiger partial charge in [0.2, 0.25) is 10.0 Å². The number of hydrogen-bond donors (Lipinski definition) is 2. The summed E-state index contributed by atoms with van der Waals surface area (Å²) in [6.45, 7) is 0.291. The second-order valence-corrected chi connectivity index (χ2v) is 7.18. The normalized spacial score (nSPS) is 12.2. The minimum Gasteiger partial charge on any atom is -0.381 e. The van der Waals surface area contributed by atoms with E-state index in [9.17, 15) is 21.6 Å². The lowest BCUT2D eigenvalue weighted by Crippen LogP contribution is -2.19. The number of sulfonamides is 1. The molecule has 4 nitrogen and oxygen atoms in total. The van der Waals surface area contributed by atoms with Crippen LogP contribution in [0.5, 0.6) is 0 Å². The molecule has 0 aliphatic heterocycles. The Balaban J connectivity index is 2.29. The maximum atomic E-state index is 13.0. The minimum atomic E-state index is -4.82. The van der Waals surface area contributed by atoms with Crippen molar-refractivity contribution in [2.45, 2.75) is 17.6 Å². The van der Waals surface area contributed by atoms with Gasteiger partial charge in [-0.05, 0) is 35.9 Å². The highest BCUT2D eigenvalue weighted by atomic mass is 79.9. The van der Waals surface area contributed by atoms with Crippen LogP contribution in [-0.2, 0) is 22.7 Å². The van der Waals surface area contributed by atoms with E-state index in [0.29, 0.717) is 6.54 Å². The van der Waals surface area contributed by atoms with Crippen LogP contribution in [0.2, 0.25) is 0 Å². The molecule has 3 N–H and O–H groups in total. The number of nitrogens with one attached hydrogen (secondary N) is 1. The summed E-state index contributed by atoms with van der Waals surface area (Å²) in [5.74, 6) is 0. The highest BCUT2D eigenvalue weighted by Crippen LogP contribution is 2.35. The van der Waals surface area contributed by atoms with E-state index < -0.39 is 26.7 Å². The van der Waals surface area contributed by atoms with Gasteiger partial charge in [0.05, 0.1) is 10.5 Å². The third-order valence-corrected chi connectivity index (χ3v) is 4.50. The molecule has 2 rings (SSSR count). The van der Waals surface area contributed by atoms with Gasteiger partial charge in [-0.15, -0.1) is 0 Å². The number of nitrogens with two attached hydrogens (primary N) is 1. The largest absolute Gasteiger partial charge is 0.417 e. The van der Waals surface area contributed by atoms with Crippen LogP contribution in [0.15, 0.2) is 51.8 Å². The van der Waals surface area contributed by atoms with Crippen molar-refractivity contribution in [1.82, 2.24) is 0 Å². The highest BCUT2D eigenvalue weighted by Gasteiger charge is 2.36. The van der Waals surface area contributed by atoms with E-state index in [2.05, 4.69) is 21.2 Å². The van der Waals surface area contributed by atoms with Crippen LogP contribution in [0.1, 0.15) is 11.1 Å². The second kappa shape index (κ2) is 6.50. The Kier molecular flexibility index (Phi) is 5.02. The topological polar surface area (TPSA) is 72.2 Å². The predicted octanol–water partition coefficient (Wildman–Crippen LogP) is 3.73. The fourth-order valence-corrected chi connectivity index (χ4v) is 2.92. The zero-order valence-electron chi connectivity index (χ0n) is 11.6. The third kappa shape index (κ3) is 4.69. The fourth-order valence-electron chi connectivity index (χ4n) is 1.92. The summed E-state index contributed by atoms with van der Waals surface area (Å²) in [4.78, 5) is -0.945. The first-order valence-corrected chi connectivity index (χ1v) is 8.63. The van der Waals surface area contributed by atoms with Gasteiger partial charge in [0.15, 0.2) is 0 Å². The molecule has 0 spiro atoms. The molecule has 0 aliphatic carbocycles. The molecule has 0 radical (unpaired) electrons. The lowest BCUT2D eigenvalue weighted by Gasteiger charge is -2.14. The first-order valence-electron chi connectivity index (χ1n) is 6.30. The van der Waals surface area contributed by atoms with Gasteiger partial charge in [-0.2, -0.15) is 13.2 Å². The molecule has 0 unspecified atom stereocenters. The molecule has 0 aliphatic rings. The van der Waals surface area contributed by atoms with Crippen molar-refractivity contribution in [1.29, 1.82) is 0 Å². The van der Waals surface area contributed by atoms with Gasteiger partial charge in [0, 0.05) is 16.7 Å². The van der Waals surface area contributed by atoms with Crippen molar-refractivity contribution in [2.24, 2.45) is 5.14 Å². The first kappa shape index (κ1) is 17.8. The molecule has 0 aromatic heterocycles. The van der Waals surface area contributed by atoms with E-state index in [4.69, 9.17) is 5.14 Å². The maximum Gasteiger partial charge on any atom is 0.417 e. The van der Waals surface area contributed by atoms with E-state index in [0.717, 1.165) is 22.2 Å². The Morgan fingerprint density at radius 2 is 1.70 bits per heavy atom. The van der Waals surface area contributed by atoms with Gasteiger partial charge in [0.1, 0.15) is 0 Å². The average Bonchev–Trinajstić information content (AvgIpc) is 2.44. The SMILES string of the molecule is NS(=O)(=O)c1ccc(NCc2ccc(Br)cc2)cc1C(F)(F)F. The van der Waals surface area contributed by atoms with E-state index in [1.807, 2.05) is 12.1 Å². The van der Waals surface area contributed by atoms with E-state index in [1.165, 1.54) is 6.07 Å².